The molecule has 10 nitrogen and oxygen atoms in total. The molecule has 2 saturated heterocycles. The lowest BCUT2D eigenvalue weighted by Gasteiger charge is -2.41. The number of aromatic nitrogens is 4. The van der Waals surface area contributed by atoms with Gasteiger partial charge >= 0.3 is 0 Å². The Kier molecular flexibility index (Phi) is 7.96. The Hall–Kier alpha value is -2.08. The van der Waals surface area contributed by atoms with Crippen LogP contribution in [0.4, 0.5) is 16.1 Å². The van der Waals surface area contributed by atoms with Gasteiger partial charge < -0.3 is 15.1 Å². The Balaban J connectivity index is 1.18. The molecule has 1 saturated carbocycles. The zero-order valence-electron chi connectivity index (χ0n) is 20.2. The van der Waals surface area contributed by atoms with Crippen molar-refractivity contribution in [1.82, 2.24) is 30.2 Å². The molecule has 2 aromatic heterocycles. The fourth-order valence-corrected chi connectivity index (χ4v) is 6.30. The van der Waals surface area contributed by atoms with Crippen LogP contribution in [0.1, 0.15) is 38.5 Å². The molecule has 12 heteroatoms. The van der Waals surface area contributed by atoms with E-state index in [2.05, 4.69) is 52.8 Å². The fraction of sp³-hybridized carbons (Fsp3) is 0.696. The van der Waals surface area contributed by atoms with Gasteiger partial charge in [0.25, 0.3) is 0 Å². The lowest BCUT2D eigenvalue weighted by atomic mass is 9.82. The number of carbonyl (C=O) groups excluding carboxylic acids is 1. The molecular weight excluding hydrogens is 486 g/mol. The smallest absolute Gasteiger partial charge is 0.243 e. The molecule has 190 valence electrons. The number of amides is 1. The molecule has 0 bridgehead atoms. The molecule has 5 rings (SSSR count). The number of carbonyl (C=O) groups is 1. The van der Waals surface area contributed by atoms with E-state index in [-0.39, 0.29) is 18.0 Å². The molecule has 2 N–H and O–H groups in total. The third-order valence-electron chi connectivity index (χ3n) is 7.41. The van der Waals surface area contributed by atoms with Gasteiger partial charge in [0.15, 0.2) is 11.0 Å². The van der Waals surface area contributed by atoms with E-state index in [0.717, 1.165) is 69.5 Å². The standard InChI is InChI=1S/C23H34ClN9OS/c1-31-11-13-32(14-12-31)20(16-5-3-2-4-6-16)21(34)26-23-30-29-22(35-23)25-17-9-10-33(15-17)19-8-7-18(24)27-28-19/h7-8,16-17,20H,2-6,9-15H2,1H3,(H,25,29)(H,26,30,34). The summed E-state index contributed by atoms with van der Waals surface area (Å²) in [5, 5.41) is 24.9. The number of hydrogen-bond acceptors (Lipinski definition) is 10. The van der Waals surface area contributed by atoms with Crippen molar-refractivity contribution in [2.45, 2.75) is 50.6 Å². The van der Waals surface area contributed by atoms with Gasteiger partial charge in [0.1, 0.15) is 0 Å². The van der Waals surface area contributed by atoms with E-state index in [4.69, 9.17) is 11.6 Å². The summed E-state index contributed by atoms with van der Waals surface area (Å²) in [5.41, 5.74) is 0. The van der Waals surface area contributed by atoms with Crippen molar-refractivity contribution in [2.24, 2.45) is 5.92 Å². The number of anilines is 3. The third-order valence-corrected chi connectivity index (χ3v) is 8.38. The van der Waals surface area contributed by atoms with E-state index in [1.807, 2.05) is 6.07 Å². The van der Waals surface area contributed by atoms with Crippen LogP contribution in [0.25, 0.3) is 0 Å². The van der Waals surface area contributed by atoms with Crippen LogP contribution in [0.2, 0.25) is 5.15 Å². The maximum Gasteiger partial charge on any atom is 0.243 e. The lowest BCUT2D eigenvalue weighted by molar-refractivity contribution is -0.124. The Morgan fingerprint density at radius 3 is 2.51 bits per heavy atom. The quantitative estimate of drug-likeness (QED) is 0.571. The topological polar surface area (TPSA) is 102 Å². The van der Waals surface area contributed by atoms with Crippen LogP contribution in [0.5, 0.6) is 0 Å². The van der Waals surface area contributed by atoms with Gasteiger partial charge in [-0.1, -0.05) is 42.2 Å². The Bertz CT molecular complexity index is 976. The van der Waals surface area contributed by atoms with Gasteiger partial charge in [-0.3, -0.25) is 15.0 Å². The number of nitrogens with one attached hydrogen (secondary N) is 2. The molecule has 1 aliphatic carbocycles. The summed E-state index contributed by atoms with van der Waals surface area (Å²) in [4.78, 5) is 20.4. The van der Waals surface area contributed by atoms with E-state index in [1.54, 1.807) is 6.07 Å². The largest absolute Gasteiger partial charge is 0.355 e. The number of rotatable bonds is 7. The van der Waals surface area contributed by atoms with E-state index < -0.39 is 0 Å². The summed E-state index contributed by atoms with van der Waals surface area (Å²) >= 11 is 7.26. The highest BCUT2D eigenvalue weighted by Gasteiger charge is 2.36. The van der Waals surface area contributed by atoms with E-state index >= 15 is 0 Å². The molecule has 2 aliphatic heterocycles. The highest BCUT2D eigenvalue weighted by Crippen LogP contribution is 2.31. The summed E-state index contributed by atoms with van der Waals surface area (Å²) in [6, 6.07) is 3.78. The summed E-state index contributed by atoms with van der Waals surface area (Å²) < 4.78 is 0. The Morgan fingerprint density at radius 1 is 1.00 bits per heavy atom. The second-order valence-corrected chi connectivity index (χ2v) is 11.2. The van der Waals surface area contributed by atoms with Crippen molar-refractivity contribution in [3.8, 4) is 0 Å². The summed E-state index contributed by atoms with van der Waals surface area (Å²) in [5.74, 6) is 1.30. The van der Waals surface area contributed by atoms with Crippen LogP contribution >= 0.6 is 22.9 Å². The van der Waals surface area contributed by atoms with Gasteiger partial charge in [-0.2, -0.15) is 0 Å². The van der Waals surface area contributed by atoms with Crippen molar-refractivity contribution in [3.05, 3.63) is 17.3 Å². The first-order chi connectivity index (χ1) is 17.0. The number of piperazine rings is 1. The molecular formula is C23H34ClN9OS. The highest BCUT2D eigenvalue weighted by atomic mass is 35.5. The van der Waals surface area contributed by atoms with Crippen molar-refractivity contribution in [2.75, 3.05) is 61.8 Å². The van der Waals surface area contributed by atoms with Crippen molar-refractivity contribution < 1.29 is 4.79 Å². The maximum atomic E-state index is 13.5. The number of likely N-dealkylation sites (N-methyl/N-ethyl adjacent to an activating group) is 1. The summed E-state index contributed by atoms with van der Waals surface area (Å²) in [7, 11) is 2.15. The van der Waals surface area contributed by atoms with Crippen LogP contribution in [0, 0.1) is 5.92 Å². The predicted octanol–water partition coefficient (Wildman–Crippen LogP) is 2.81. The van der Waals surface area contributed by atoms with Crippen LogP contribution in [-0.2, 0) is 4.79 Å². The average Bonchev–Trinajstić information content (AvgIpc) is 3.51. The minimum atomic E-state index is -0.0896. The molecule has 0 aromatic carbocycles. The number of halogens is 1. The Labute approximate surface area is 215 Å². The molecule has 0 spiro atoms. The monoisotopic (exact) mass is 519 g/mol. The van der Waals surface area contributed by atoms with Gasteiger partial charge in [0, 0.05) is 45.3 Å². The molecule has 2 atom stereocenters. The first kappa shape index (κ1) is 24.6. The zero-order chi connectivity index (χ0) is 24.2. The highest BCUT2D eigenvalue weighted by molar-refractivity contribution is 7.19. The lowest BCUT2D eigenvalue weighted by Crippen LogP contribution is -2.55. The zero-order valence-corrected chi connectivity index (χ0v) is 21.8. The molecule has 2 unspecified atom stereocenters. The predicted molar refractivity (Wildman–Crippen MR) is 139 cm³/mol. The minimum absolute atomic E-state index is 0.0671. The summed E-state index contributed by atoms with van der Waals surface area (Å²) in [6.45, 7) is 5.55. The Morgan fingerprint density at radius 2 is 1.77 bits per heavy atom. The van der Waals surface area contributed by atoms with E-state index in [9.17, 15) is 4.79 Å². The van der Waals surface area contributed by atoms with Crippen LogP contribution in [-0.4, -0.2) is 94.5 Å². The van der Waals surface area contributed by atoms with Gasteiger partial charge in [0.2, 0.25) is 16.2 Å². The molecule has 0 radical (unpaired) electrons. The number of nitrogens with zero attached hydrogens (tertiary/aromatic N) is 7. The van der Waals surface area contributed by atoms with Gasteiger partial charge in [0.05, 0.1) is 6.04 Å². The molecule has 3 fully saturated rings. The summed E-state index contributed by atoms with van der Waals surface area (Å²) in [6.07, 6.45) is 6.93. The fourth-order valence-electron chi connectivity index (χ4n) is 5.48. The van der Waals surface area contributed by atoms with Crippen LogP contribution < -0.4 is 15.5 Å². The van der Waals surface area contributed by atoms with E-state index in [0.29, 0.717) is 16.2 Å². The van der Waals surface area contributed by atoms with Crippen LogP contribution in [0.3, 0.4) is 0 Å². The molecule has 1 amide bonds. The second kappa shape index (κ2) is 11.3. The van der Waals surface area contributed by atoms with Crippen LogP contribution in [0.15, 0.2) is 12.1 Å². The van der Waals surface area contributed by atoms with Gasteiger partial charge in [-0.15, -0.1) is 20.4 Å². The number of hydrogen-bond donors (Lipinski definition) is 2. The molecule has 35 heavy (non-hydrogen) atoms. The van der Waals surface area contributed by atoms with Crippen molar-refractivity contribution in [1.29, 1.82) is 0 Å². The molecule has 4 heterocycles. The van der Waals surface area contributed by atoms with Crippen molar-refractivity contribution in [3.63, 3.8) is 0 Å². The first-order valence-corrected chi connectivity index (χ1v) is 13.8. The first-order valence-electron chi connectivity index (χ1n) is 12.6. The van der Waals surface area contributed by atoms with E-state index in [1.165, 1.54) is 30.6 Å². The van der Waals surface area contributed by atoms with Gasteiger partial charge in [-0.25, -0.2) is 0 Å². The average molecular weight is 520 g/mol. The SMILES string of the molecule is CN1CCN(C(C(=O)Nc2nnc(NC3CCN(c4ccc(Cl)nn4)C3)s2)C2CCCCC2)CC1. The minimum Gasteiger partial charge on any atom is -0.355 e. The van der Waals surface area contributed by atoms with Gasteiger partial charge in [-0.05, 0) is 44.4 Å². The van der Waals surface area contributed by atoms with Crippen molar-refractivity contribution >= 4 is 44.9 Å². The maximum absolute atomic E-state index is 13.5. The second-order valence-electron chi connectivity index (χ2n) is 9.87. The normalized spacial score (nSPS) is 23.4. The third kappa shape index (κ3) is 6.19. The molecule has 3 aliphatic rings. The molecule has 2 aromatic rings.